The minimum Gasteiger partial charge on any atom is -0.366 e. The maximum atomic E-state index is 4.58. The number of hydrogen-bond acceptors (Lipinski definition) is 4. The molecule has 2 N–H and O–H groups in total. The fraction of sp³-hybridized carbons (Fsp3) is 0.733. The summed E-state index contributed by atoms with van der Waals surface area (Å²) in [5.41, 5.74) is 0. The summed E-state index contributed by atoms with van der Waals surface area (Å²) in [6.07, 6.45) is 6.75. The van der Waals surface area contributed by atoms with Gasteiger partial charge < -0.3 is 10.6 Å². The summed E-state index contributed by atoms with van der Waals surface area (Å²) in [6, 6.07) is 0.504. The Morgan fingerprint density at radius 1 is 1.35 bits per heavy atom. The Morgan fingerprint density at radius 2 is 2.15 bits per heavy atom. The smallest absolute Gasteiger partial charge is 0.224 e. The van der Waals surface area contributed by atoms with Gasteiger partial charge in [0.1, 0.15) is 5.82 Å². The molecule has 2 rings (SSSR count). The van der Waals surface area contributed by atoms with Crippen LogP contribution < -0.4 is 10.6 Å². The molecule has 1 fully saturated rings. The van der Waals surface area contributed by atoms with Gasteiger partial charge in [0, 0.05) is 18.8 Å². The van der Waals surface area contributed by atoms with E-state index in [1.165, 1.54) is 19.3 Å². The summed E-state index contributed by atoms with van der Waals surface area (Å²) in [4.78, 5) is 8.88. The molecule has 1 aromatic rings. The Morgan fingerprint density at radius 3 is 2.90 bits per heavy atom. The van der Waals surface area contributed by atoms with E-state index in [2.05, 4.69) is 57.3 Å². The molecule has 1 heterocycles. The molecule has 0 aromatic carbocycles. The second-order valence-electron chi connectivity index (χ2n) is 5.84. The molecule has 3 unspecified atom stereocenters. The average Bonchev–Trinajstić information content (AvgIpc) is 2.44. The minimum absolute atomic E-state index is 0.504. The molecule has 1 aromatic heterocycles. The maximum Gasteiger partial charge on any atom is 0.224 e. The van der Waals surface area contributed by atoms with Crippen LogP contribution in [0.3, 0.4) is 0 Å². The van der Waals surface area contributed by atoms with E-state index in [0.29, 0.717) is 17.9 Å². The van der Waals surface area contributed by atoms with Crippen LogP contribution in [0, 0.1) is 11.8 Å². The van der Waals surface area contributed by atoms with Crippen LogP contribution in [0.15, 0.2) is 10.7 Å². The monoisotopic (exact) mass is 340 g/mol. The number of nitrogens with zero attached hydrogens (tertiary/aromatic N) is 2. The molecule has 20 heavy (non-hydrogen) atoms. The van der Waals surface area contributed by atoms with Crippen molar-refractivity contribution in [2.45, 2.75) is 52.5 Å². The Bertz CT molecular complexity index is 438. The van der Waals surface area contributed by atoms with Gasteiger partial charge in [-0.1, -0.05) is 33.6 Å². The number of nitrogens with one attached hydrogen (secondary N) is 2. The number of rotatable bonds is 5. The SMILES string of the molecule is CCCNc1ncc(Br)c(NC2CCCC(C)C2C)n1. The summed E-state index contributed by atoms with van der Waals surface area (Å²) in [5, 5.41) is 6.84. The number of aromatic nitrogens is 2. The molecule has 1 aliphatic rings. The Hall–Kier alpha value is -0.840. The molecule has 0 saturated heterocycles. The van der Waals surface area contributed by atoms with E-state index in [4.69, 9.17) is 0 Å². The third-order valence-electron chi connectivity index (χ3n) is 4.31. The predicted octanol–water partition coefficient (Wildman–Crippen LogP) is 4.30. The highest BCUT2D eigenvalue weighted by atomic mass is 79.9. The van der Waals surface area contributed by atoms with Crippen LogP contribution in [-0.2, 0) is 0 Å². The summed E-state index contributed by atoms with van der Waals surface area (Å²) in [5.74, 6) is 3.07. The van der Waals surface area contributed by atoms with Gasteiger partial charge in [0.25, 0.3) is 0 Å². The first-order valence-electron chi connectivity index (χ1n) is 7.64. The Kier molecular flexibility index (Phi) is 5.64. The first kappa shape index (κ1) is 15.5. The van der Waals surface area contributed by atoms with E-state index in [1.54, 1.807) is 0 Å². The van der Waals surface area contributed by atoms with Crippen molar-refractivity contribution in [2.24, 2.45) is 11.8 Å². The molecule has 1 aliphatic carbocycles. The number of hydrogen-bond donors (Lipinski definition) is 2. The second-order valence-corrected chi connectivity index (χ2v) is 6.69. The lowest BCUT2D eigenvalue weighted by Gasteiger charge is -2.35. The van der Waals surface area contributed by atoms with Crippen LogP contribution in [0.1, 0.15) is 46.5 Å². The largest absolute Gasteiger partial charge is 0.366 e. The molecule has 0 bridgehead atoms. The van der Waals surface area contributed by atoms with Gasteiger partial charge in [-0.2, -0.15) is 4.98 Å². The van der Waals surface area contributed by atoms with Gasteiger partial charge in [-0.05, 0) is 40.6 Å². The molecule has 0 amide bonds. The molecule has 0 aliphatic heterocycles. The van der Waals surface area contributed by atoms with Gasteiger partial charge in [-0.3, -0.25) is 0 Å². The van der Waals surface area contributed by atoms with Crippen LogP contribution in [0.5, 0.6) is 0 Å². The zero-order valence-electron chi connectivity index (χ0n) is 12.6. The van der Waals surface area contributed by atoms with Crippen molar-refractivity contribution in [2.75, 3.05) is 17.2 Å². The molecule has 0 radical (unpaired) electrons. The lowest BCUT2D eigenvalue weighted by Crippen LogP contribution is -2.35. The van der Waals surface area contributed by atoms with Crippen LogP contribution >= 0.6 is 15.9 Å². The van der Waals surface area contributed by atoms with Crippen molar-refractivity contribution >= 4 is 27.7 Å². The van der Waals surface area contributed by atoms with Crippen LogP contribution in [-0.4, -0.2) is 22.6 Å². The van der Waals surface area contributed by atoms with Gasteiger partial charge in [-0.25, -0.2) is 4.98 Å². The summed E-state index contributed by atoms with van der Waals surface area (Å²) in [6.45, 7) is 7.72. The van der Waals surface area contributed by atoms with Crippen molar-refractivity contribution in [1.82, 2.24) is 9.97 Å². The summed E-state index contributed by atoms with van der Waals surface area (Å²) in [7, 11) is 0. The normalized spacial score (nSPS) is 26.3. The van der Waals surface area contributed by atoms with Crippen LogP contribution in [0.4, 0.5) is 11.8 Å². The predicted molar refractivity (Wildman–Crippen MR) is 88.1 cm³/mol. The van der Waals surface area contributed by atoms with Crippen molar-refractivity contribution in [3.8, 4) is 0 Å². The molecule has 0 spiro atoms. The quantitative estimate of drug-likeness (QED) is 0.838. The van der Waals surface area contributed by atoms with Crippen LogP contribution in [0.2, 0.25) is 0 Å². The lowest BCUT2D eigenvalue weighted by atomic mass is 9.78. The van der Waals surface area contributed by atoms with Crippen molar-refractivity contribution in [1.29, 1.82) is 0 Å². The van der Waals surface area contributed by atoms with Gasteiger partial charge in [0.15, 0.2) is 0 Å². The highest BCUT2D eigenvalue weighted by Gasteiger charge is 2.27. The van der Waals surface area contributed by atoms with E-state index < -0.39 is 0 Å². The Labute approximate surface area is 130 Å². The molecule has 5 heteroatoms. The Balaban J connectivity index is 2.07. The van der Waals surface area contributed by atoms with E-state index >= 15 is 0 Å². The van der Waals surface area contributed by atoms with Gasteiger partial charge >= 0.3 is 0 Å². The van der Waals surface area contributed by atoms with Crippen molar-refractivity contribution in [3.05, 3.63) is 10.7 Å². The maximum absolute atomic E-state index is 4.58. The van der Waals surface area contributed by atoms with E-state index in [1.807, 2.05) is 6.20 Å². The first-order valence-corrected chi connectivity index (χ1v) is 8.44. The molecule has 112 valence electrons. The topological polar surface area (TPSA) is 49.8 Å². The second kappa shape index (κ2) is 7.25. The summed E-state index contributed by atoms with van der Waals surface area (Å²) < 4.78 is 0.935. The molecule has 1 saturated carbocycles. The van der Waals surface area contributed by atoms with Crippen molar-refractivity contribution in [3.63, 3.8) is 0 Å². The molecule has 4 nitrogen and oxygen atoms in total. The molecule has 3 atom stereocenters. The zero-order chi connectivity index (χ0) is 14.5. The molecular weight excluding hydrogens is 316 g/mol. The molecular formula is C15H25BrN4. The van der Waals surface area contributed by atoms with Crippen LogP contribution in [0.25, 0.3) is 0 Å². The first-order chi connectivity index (χ1) is 9.61. The average molecular weight is 341 g/mol. The third kappa shape index (κ3) is 3.84. The van der Waals surface area contributed by atoms with Gasteiger partial charge in [0.2, 0.25) is 5.95 Å². The van der Waals surface area contributed by atoms with E-state index in [0.717, 1.165) is 29.2 Å². The van der Waals surface area contributed by atoms with E-state index in [9.17, 15) is 0 Å². The van der Waals surface area contributed by atoms with Gasteiger partial charge in [-0.15, -0.1) is 0 Å². The third-order valence-corrected chi connectivity index (χ3v) is 4.89. The fourth-order valence-electron chi connectivity index (χ4n) is 2.75. The summed E-state index contributed by atoms with van der Waals surface area (Å²) >= 11 is 3.55. The number of halogens is 1. The number of anilines is 2. The van der Waals surface area contributed by atoms with Gasteiger partial charge in [0.05, 0.1) is 4.47 Å². The standard InChI is InChI=1S/C15H25BrN4/c1-4-8-17-15-18-9-12(16)14(20-15)19-13-7-5-6-10(2)11(13)3/h9-11,13H,4-8H2,1-3H3,(H2,17,18,19,20). The zero-order valence-corrected chi connectivity index (χ0v) is 14.2. The highest BCUT2D eigenvalue weighted by Crippen LogP contribution is 2.32. The lowest BCUT2D eigenvalue weighted by molar-refractivity contribution is 0.253. The van der Waals surface area contributed by atoms with E-state index in [-0.39, 0.29) is 0 Å². The van der Waals surface area contributed by atoms with Crippen molar-refractivity contribution < 1.29 is 0 Å². The minimum atomic E-state index is 0.504. The highest BCUT2D eigenvalue weighted by molar-refractivity contribution is 9.10. The fourth-order valence-corrected chi connectivity index (χ4v) is 3.06.